The number of anilines is 1. The first-order valence-corrected chi connectivity index (χ1v) is 7.90. The van der Waals surface area contributed by atoms with Crippen LogP contribution >= 0.6 is 0 Å². The van der Waals surface area contributed by atoms with Crippen LogP contribution in [0, 0.1) is 0 Å². The summed E-state index contributed by atoms with van der Waals surface area (Å²) in [7, 11) is 2.17. The molecule has 4 rings (SSSR count). The van der Waals surface area contributed by atoms with Crippen molar-refractivity contribution in [2.75, 3.05) is 38.1 Å². The van der Waals surface area contributed by atoms with E-state index in [-0.39, 0.29) is 0 Å². The van der Waals surface area contributed by atoms with Crippen molar-refractivity contribution in [3.63, 3.8) is 0 Å². The molecule has 1 aliphatic rings. The molecule has 4 heterocycles. The van der Waals surface area contributed by atoms with Gasteiger partial charge in [0.05, 0.1) is 17.4 Å². The molecule has 0 N–H and O–H groups in total. The van der Waals surface area contributed by atoms with Crippen LogP contribution in [-0.2, 0) is 0 Å². The van der Waals surface area contributed by atoms with Gasteiger partial charge >= 0.3 is 0 Å². The van der Waals surface area contributed by atoms with Crippen molar-refractivity contribution in [3.05, 3.63) is 49.1 Å². The third-order valence-corrected chi connectivity index (χ3v) is 4.41. The smallest absolute Gasteiger partial charge is 0.0913 e. The first kappa shape index (κ1) is 14.1. The molecule has 0 radical (unpaired) electrons. The maximum Gasteiger partial charge on any atom is 0.0913 e. The van der Waals surface area contributed by atoms with Crippen LogP contribution in [-0.4, -0.2) is 53.1 Å². The third kappa shape index (κ3) is 2.75. The van der Waals surface area contributed by atoms with Crippen molar-refractivity contribution >= 4 is 16.6 Å². The van der Waals surface area contributed by atoms with Gasteiger partial charge in [-0.3, -0.25) is 9.97 Å². The molecule has 0 atom stereocenters. The lowest BCUT2D eigenvalue weighted by Gasteiger charge is -2.34. The van der Waals surface area contributed by atoms with Crippen LogP contribution in [0.3, 0.4) is 0 Å². The average Bonchev–Trinajstić information content (AvgIpc) is 2.62. The Kier molecular flexibility index (Phi) is 3.63. The van der Waals surface area contributed by atoms with Gasteiger partial charge in [-0.05, 0) is 31.3 Å². The molecule has 1 aliphatic heterocycles. The number of nitrogens with zero attached hydrogens (tertiary/aromatic N) is 5. The fourth-order valence-electron chi connectivity index (χ4n) is 3.04. The summed E-state index contributed by atoms with van der Waals surface area (Å²) in [5, 5.41) is 1.17. The first-order chi connectivity index (χ1) is 11.3. The molecule has 3 aromatic rings. The first-order valence-electron chi connectivity index (χ1n) is 7.90. The van der Waals surface area contributed by atoms with E-state index in [0.29, 0.717) is 0 Å². The monoisotopic (exact) mass is 305 g/mol. The van der Waals surface area contributed by atoms with E-state index in [4.69, 9.17) is 4.98 Å². The highest BCUT2D eigenvalue weighted by molar-refractivity contribution is 5.93. The summed E-state index contributed by atoms with van der Waals surface area (Å²) >= 11 is 0. The third-order valence-electron chi connectivity index (χ3n) is 4.41. The van der Waals surface area contributed by atoms with E-state index in [2.05, 4.69) is 38.9 Å². The van der Waals surface area contributed by atoms with Gasteiger partial charge in [0.2, 0.25) is 0 Å². The van der Waals surface area contributed by atoms with Crippen LogP contribution in [0.15, 0.2) is 49.1 Å². The van der Waals surface area contributed by atoms with Crippen LogP contribution in [0.4, 0.5) is 5.69 Å². The Hall–Kier alpha value is -2.53. The maximum atomic E-state index is 4.79. The second-order valence-corrected chi connectivity index (χ2v) is 5.95. The summed E-state index contributed by atoms with van der Waals surface area (Å²) in [6.45, 7) is 4.24. The highest BCUT2D eigenvalue weighted by Gasteiger charge is 2.18. The fraction of sp³-hybridized carbons (Fsp3) is 0.278. The Morgan fingerprint density at radius 2 is 1.65 bits per heavy atom. The predicted octanol–water partition coefficient (Wildman–Crippen LogP) is 2.44. The SMILES string of the molecule is CN1CCN(c2cc(-c3ccncc3)nc3cnccc23)CC1. The minimum Gasteiger partial charge on any atom is -0.368 e. The van der Waals surface area contributed by atoms with Crippen molar-refractivity contribution in [2.45, 2.75) is 0 Å². The van der Waals surface area contributed by atoms with Crippen molar-refractivity contribution in [3.8, 4) is 11.3 Å². The molecule has 3 aromatic heterocycles. The highest BCUT2D eigenvalue weighted by atomic mass is 15.2. The Bertz CT molecular complexity index is 810. The summed E-state index contributed by atoms with van der Waals surface area (Å²) in [4.78, 5) is 18.0. The molecule has 1 saturated heterocycles. The minimum atomic E-state index is 0.941. The quantitative estimate of drug-likeness (QED) is 0.727. The summed E-state index contributed by atoms with van der Waals surface area (Å²) in [6.07, 6.45) is 7.30. The normalized spacial score (nSPS) is 16.0. The summed E-state index contributed by atoms with van der Waals surface area (Å²) in [5.74, 6) is 0. The van der Waals surface area contributed by atoms with E-state index < -0.39 is 0 Å². The number of piperazine rings is 1. The lowest BCUT2D eigenvalue weighted by molar-refractivity contribution is 0.313. The molecule has 0 aromatic carbocycles. The van der Waals surface area contributed by atoms with Gasteiger partial charge in [-0.1, -0.05) is 0 Å². The Morgan fingerprint density at radius 3 is 2.43 bits per heavy atom. The van der Waals surface area contributed by atoms with Crippen molar-refractivity contribution in [1.82, 2.24) is 19.9 Å². The number of hydrogen-bond donors (Lipinski definition) is 0. The Labute approximate surface area is 135 Å². The molecule has 0 aliphatic carbocycles. The van der Waals surface area contributed by atoms with Crippen LogP contribution in [0.25, 0.3) is 22.2 Å². The zero-order valence-corrected chi connectivity index (χ0v) is 13.2. The number of likely N-dealkylation sites (N-methyl/N-ethyl adjacent to an activating group) is 1. The standard InChI is InChI=1S/C18H19N5/c1-22-8-10-23(11-9-22)18-12-16(14-2-5-19-6-3-14)21-17-13-20-7-4-15(17)18/h2-7,12-13H,8-11H2,1H3. The van der Waals surface area contributed by atoms with E-state index in [0.717, 1.165) is 43.0 Å². The van der Waals surface area contributed by atoms with Crippen molar-refractivity contribution in [2.24, 2.45) is 0 Å². The van der Waals surface area contributed by atoms with E-state index in [1.165, 1.54) is 11.1 Å². The van der Waals surface area contributed by atoms with Gasteiger partial charge in [-0.15, -0.1) is 0 Å². The van der Waals surface area contributed by atoms with Gasteiger partial charge in [0.25, 0.3) is 0 Å². The maximum absolute atomic E-state index is 4.79. The molecule has 5 heteroatoms. The van der Waals surface area contributed by atoms with Crippen LogP contribution in [0.5, 0.6) is 0 Å². The lowest BCUT2D eigenvalue weighted by Crippen LogP contribution is -2.44. The van der Waals surface area contributed by atoms with Crippen molar-refractivity contribution in [1.29, 1.82) is 0 Å². The summed E-state index contributed by atoms with van der Waals surface area (Å²) < 4.78 is 0. The molecule has 23 heavy (non-hydrogen) atoms. The zero-order chi connectivity index (χ0) is 15.6. The molecule has 0 saturated carbocycles. The van der Waals surface area contributed by atoms with Gasteiger partial charge in [-0.2, -0.15) is 0 Å². The molecular formula is C18H19N5. The number of pyridine rings is 3. The van der Waals surface area contributed by atoms with Gasteiger partial charge < -0.3 is 9.80 Å². The van der Waals surface area contributed by atoms with E-state index in [1.807, 2.05) is 24.5 Å². The molecule has 116 valence electrons. The summed E-state index contributed by atoms with van der Waals surface area (Å²) in [6, 6.07) is 8.26. The molecule has 1 fully saturated rings. The number of aromatic nitrogens is 3. The second kappa shape index (κ2) is 5.93. The highest BCUT2D eigenvalue weighted by Crippen LogP contribution is 2.30. The molecule has 0 bridgehead atoms. The molecule has 5 nitrogen and oxygen atoms in total. The topological polar surface area (TPSA) is 45.2 Å². The van der Waals surface area contributed by atoms with E-state index in [9.17, 15) is 0 Å². The largest absolute Gasteiger partial charge is 0.368 e. The number of hydrogen-bond acceptors (Lipinski definition) is 5. The van der Waals surface area contributed by atoms with Gasteiger partial charge in [0, 0.05) is 61.4 Å². The molecular weight excluding hydrogens is 286 g/mol. The van der Waals surface area contributed by atoms with E-state index in [1.54, 1.807) is 12.4 Å². The fourth-order valence-corrected chi connectivity index (χ4v) is 3.04. The molecule has 0 spiro atoms. The number of rotatable bonds is 2. The van der Waals surface area contributed by atoms with Crippen molar-refractivity contribution < 1.29 is 0 Å². The second-order valence-electron chi connectivity index (χ2n) is 5.95. The Balaban J connectivity index is 1.84. The van der Waals surface area contributed by atoms with Crippen LogP contribution in [0.2, 0.25) is 0 Å². The summed E-state index contributed by atoms with van der Waals surface area (Å²) in [5.41, 5.74) is 4.25. The zero-order valence-electron chi connectivity index (χ0n) is 13.2. The van der Waals surface area contributed by atoms with Crippen LogP contribution < -0.4 is 4.90 Å². The predicted molar refractivity (Wildman–Crippen MR) is 92.5 cm³/mol. The van der Waals surface area contributed by atoms with Gasteiger partial charge in [0.15, 0.2) is 0 Å². The van der Waals surface area contributed by atoms with E-state index >= 15 is 0 Å². The molecule has 0 amide bonds. The van der Waals surface area contributed by atoms with Crippen LogP contribution in [0.1, 0.15) is 0 Å². The Morgan fingerprint density at radius 1 is 0.913 bits per heavy atom. The lowest BCUT2D eigenvalue weighted by atomic mass is 10.1. The average molecular weight is 305 g/mol. The van der Waals surface area contributed by atoms with Gasteiger partial charge in [0.1, 0.15) is 0 Å². The van der Waals surface area contributed by atoms with Gasteiger partial charge in [-0.25, -0.2) is 4.98 Å². The number of fused-ring (bicyclic) bond motifs is 1. The molecule has 0 unspecified atom stereocenters. The minimum absolute atomic E-state index is 0.941.